The van der Waals surface area contributed by atoms with Gasteiger partial charge in [-0.3, -0.25) is 9.59 Å². The molecule has 16 heavy (non-hydrogen) atoms. The molecule has 0 aromatic heterocycles. The van der Waals surface area contributed by atoms with Crippen molar-refractivity contribution in [2.75, 3.05) is 6.61 Å². The molecule has 4 heteroatoms. The molecule has 0 saturated heterocycles. The first-order chi connectivity index (χ1) is 7.45. The maximum absolute atomic E-state index is 11.2. The first-order valence-electron chi connectivity index (χ1n) is 5.10. The van der Waals surface area contributed by atoms with Crippen molar-refractivity contribution in [2.24, 2.45) is 0 Å². The number of aliphatic carboxylic acids is 1. The van der Waals surface area contributed by atoms with Gasteiger partial charge in [0, 0.05) is 0 Å². The molecule has 0 bridgehead atoms. The molecule has 0 unspecified atom stereocenters. The van der Waals surface area contributed by atoms with Crippen LogP contribution in [0.1, 0.15) is 33.6 Å². The Balaban J connectivity index is 3.92. The molecule has 0 aromatic carbocycles. The zero-order valence-electron chi connectivity index (χ0n) is 9.95. The average molecular weight is 226 g/mol. The molecular weight excluding hydrogens is 208 g/mol. The maximum atomic E-state index is 11.2. The van der Waals surface area contributed by atoms with Gasteiger partial charge >= 0.3 is 11.9 Å². The summed E-state index contributed by atoms with van der Waals surface area (Å²) in [6.07, 6.45) is 3.63. The molecule has 0 radical (unpaired) electrons. The molecule has 90 valence electrons. The fraction of sp³-hybridized carbons (Fsp3) is 0.500. The highest BCUT2D eigenvalue weighted by Crippen LogP contribution is 2.03. The number of hydrogen-bond acceptors (Lipinski definition) is 3. The Labute approximate surface area is 95.6 Å². The summed E-state index contributed by atoms with van der Waals surface area (Å²) < 4.78 is 4.97. The fourth-order valence-electron chi connectivity index (χ4n) is 0.896. The summed E-state index contributed by atoms with van der Waals surface area (Å²) in [5.41, 5.74) is 1.70. The lowest BCUT2D eigenvalue weighted by Gasteiger charge is -2.04. The zero-order valence-corrected chi connectivity index (χ0v) is 9.95. The molecule has 0 heterocycles. The second kappa shape index (κ2) is 7.68. The second-order valence-electron chi connectivity index (χ2n) is 3.62. The van der Waals surface area contributed by atoms with Crippen LogP contribution in [-0.4, -0.2) is 23.7 Å². The Morgan fingerprint density at radius 2 is 1.88 bits per heavy atom. The first kappa shape index (κ1) is 14.4. The van der Waals surface area contributed by atoms with Crippen LogP contribution < -0.4 is 0 Å². The molecule has 0 aromatic rings. The standard InChI is InChI=1S/C12H18O4/c1-4-9(2)7-12(15)16-8-10(3)5-6-11(13)14/h4-5H,6-8H2,1-3H3,(H,13,14). The van der Waals surface area contributed by atoms with Crippen molar-refractivity contribution in [3.05, 3.63) is 23.3 Å². The van der Waals surface area contributed by atoms with Crippen LogP contribution in [0.3, 0.4) is 0 Å². The van der Waals surface area contributed by atoms with E-state index in [9.17, 15) is 9.59 Å². The van der Waals surface area contributed by atoms with E-state index in [0.29, 0.717) is 0 Å². The average Bonchev–Trinajstić information content (AvgIpc) is 2.23. The van der Waals surface area contributed by atoms with Crippen molar-refractivity contribution in [1.29, 1.82) is 0 Å². The molecule has 0 fully saturated rings. The van der Waals surface area contributed by atoms with Gasteiger partial charge in [-0.1, -0.05) is 17.7 Å². The summed E-state index contributed by atoms with van der Waals surface area (Å²) >= 11 is 0. The molecule has 0 saturated carbocycles. The molecule has 0 aliphatic heterocycles. The summed E-state index contributed by atoms with van der Waals surface area (Å²) in [6, 6.07) is 0. The lowest BCUT2D eigenvalue weighted by molar-refractivity contribution is -0.141. The molecular formula is C12H18O4. The third kappa shape index (κ3) is 7.79. The monoisotopic (exact) mass is 226 g/mol. The minimum absolute atomic E-state index is 0.0444. The molecule has 0 spiro atoms. The van der Waals surface area contributed by atoms with Gasteiger partial charge in [0.2, 0.25) is 0 Å². The van der Waals surface area contributed by atoms with Crippen molar-refractivity contribution in [2.45, 2.75) is 33.6 Å². The van der Waals surface area contributed by atoms with E-state index in [-0.39, 0.29) is 25.4 Å². The summed E-state index contributed by atoms with van der Waals surface area (Å²) in [5, 5.41) is 8.43. The van der Waals surface area contributed by atoms with Crippen LogP contribution in [0.4, 0.5) is 0 Å². The maximum Gasteiger partial charge on any atom is 0.310 e. The number of esters is 1. The number of carboxylic acid groups (broad SMARTS) is 1. The van der Waals surface area contributed by atoms with Crippen molar-refractivity contribution in [1.82, 2.24) is 0 Å². The topological polar surface area (TPSA) is 63.6 Å². The predicted molar refractivity (Wildman–Crippen MR) is 61.0 cm³/mol. The molecule has 0 rings (SSSR count). The number of carbonyl (C=O) groups is 2. The van der Waals surface area contributed by atoms with Crippen LogP contribution in [0.25, 0.3) is 0 Å². The molecule has 4 nitrogen and oxygen atoms in total. The minimum Gasteiger partial charge on any atom is -0.481 e. The van der Waals surface area contributed by atoms with Crippen molar-refractivity contribution < 1.29 is 19.4 Å². The fourth-order valence-corrected chi connectivity index (χ4v) is 0.896. The van der Waals surface area contributed by atoms with E-state index < -0.39 is 5.97 Å². The number of ether oxygens (including phenoxy) is 1. The van der Waals surface area contributed by atoms with Gasteiger partial charge in [0.25, 0.3) is 0 Å². The largest absolute Gasteiger partial charge is 0.481 e. The molecule has 0 amide bonds. The Kier molecular flexibility index (Phi) is 6.92. The Hall–Kier alpha value is -1.58. The van der Waals surface area contributed by atoms with Gasteiger partial charge in [-0.15, -0.1) is 0 Å². The Morgan fingerprint density at radius 1 is 1.25 bits per heavy atom. The third-order valence-corrected chi connectivity index (χ3v) is 2.00. The van der Waals surface area contributed by atoms with Gasteiger partial charge < -0.3 is 9.84 Å². The first-order valence-corrected chi connectivity index (χ1v) is 5.10. The van der Waals surface area contributed by atoms with Crippen LogP contribution in [0.2, 0.25) is 0 Å². The smallest absolute Gasteiger partial charge is 0.310 e. The molecule has 0 aliphatic carbocycles. The van der Waals surface area contributed by atoms with Crippen LogP contribution in [0.15, 0.2) is 23.3 Å². The lowest BCUT2D eigenvalue weighted by Crippen LogP contribution is -2.07. The Bertz CT molecular complexity index is 313. The van der Waals surface area contributed by atoms with Gasteiger partial charge in [-0.25, -0.2) is 0 Å². The third-order valence-electron chi connectivity index (χ3n) is 2.00. The van der Waals surface area contributed by atoms with Gasteiger partial charge in [0.05, 0.1) is 12.8 Å². The zero-order chi connectivity index (χ0) is 12.6. The summed E-state index contributed by atoms with van der Waals surface area (Å²) in [6.45, 7) is 5.61. The van der Waals surface area contributed by atoms with Crippen molar-refractivity contribution >= 4 is 11.9 Å². The summed E-state index contributed by atoms with van der Waals surface area (Å²) in [5.74, 6) is -1.19. The van der Waals surface area contributed by atoms with Crippen LogP contribution in [0.5, 0.6) is 0 Å². The van der Waals surface area contributed by atoms with E-state index in [2.05, 4.69) is 0 Å². The van der Waals surface area contributed by atoms with Crippen molar-refractivity contribution in [3.8, 4) is 0 Å². The lowest BCUT2D eigenvalue weighted by atomic mass is 10.2. The van der Waals surface area contributed by atoms with E-state index >= 15 is 0 Å². The summed E-state index contributed by atoms with van der Waals surface area (Å²) in [4.78, 5) is 21.5. The highest BCUT2D eigenvalue weighted by atomic mass is 16.5. The molecule has 0 atom stereocenters. The van der Waals surface area contributed by atoms with E-state index in [0.717, 1.165) is 11.1 Å². The SMILES string of the molecule is CC=C(C)CC(=O)OCC(C)=CCC(=O)O. The highest BCUT2D eigenvalue weighted by molar-refractivity contribution is 5.72. The number of allylic oxidation sites excluding steroid dienone is 1. The van der Waals surface area contributed by atoms with E-state index in [1.54, 1.807) is 6.92 Å². The van der Waals surface area contributed by atoms with Gasteiger partial charge in [-0.05, 0) is 26.3 Å². The van der Waals surface area contributed by atoms with E-state index in [1.165, 1.54) is 6.08 Å². The van der Waals surface area contributed by atoms with E-state index in [1.807, 2.05) is 19.9 Å². The van der Waals surface area contributed by atoms with Gasteiger partial charge in [0.1, 0.15) is 6.61 Å². The second-order valence-corrected chi connectivity index (χ2v) is 3.62. The van der Waals surface area contributed by atoms with Gasteiger partial charge in [0.15, 0.2) is 0 Å². The number of rotatable bonds is 6. The predicted octanol–water partition coefficient (Wildman–Crippen LogP) is 2.31. The van der Waals surface area contributed by atoms with Crippen LogP contribution in [-0.2, 0) is 14.3 Å². The Morgan fingerprint density at radius 3 is 2.38 bits per heavy atom. The van der Waals surface area contributed by atoms with Crippen LogP contribution >= 0.6 is 0 Å². The van der Waals surface area contributed by atoms with Crippen LogP contribution in [0, 0.1) is 0 Å². The highest BCUT2D eigenvalue weighted by Gasteiger charge is 2.03. The normalized spacial score (nSPS) is 12.4. The van der Waals surface area contributed by atoms with Gasteiger partial charge in [-0.2, -0.15) is 0 Å². The van der Waals surface area contributed by atoms with E-state index in [4.69, 9.17) is 9.84 Å². The molecule has 0 aliphatic rings. The van der Waals surface area contributed by atoms with Crippen molar-refractivity contribution in [3.63, 3.8) is 0 Å². The minimum atomic E-state index is -0.893. The number of carbonyl (C=O) groups excluding carboxylic acids is 1. The quantitative estimate of drug-likeness (QED) is 0.557. The number of carboxylic acids is 1. The molecule has 1 N–H and O–H groups in total. The number of hydrogen-bond donors (Lipinski definition) is 1. The summed E-state index contributed by atoms with van der Waals surface area (Å²) in [7, 11) is 0.